The van der Waals surface area contributed by atoms with Gasteiger partial charge in [-0.2, -0.15) is 10.2 Å². The number of nitrogens with one attached hydrogen (secondary N) is 3. The Balaban J connectivity index is 0.000000182. The summed E-state index contributed by atoms with van der Waals surface area (Å²) in [6, 6.07) is 6.91. The van der Waals surface area contributed by atoms with Gasteiger partial charge in [-0.3, -0.25) is 19.2 Å². The lowest BCUT2D eigenvalue weighted by Gasteiger charge is -2.39. The molecule has 2 aliphatic heterocycles. The highest BCUT2D eigenvalue weighted by Crippen LogP contribution is 2.38. The van der Waals surface area contributed by atoms with Crippen LogP contribution in [0.15, 0.2) is 62.2 Å². The summed E-state index contributed by atoms with van der Waals surface area (Å²) in [4.78, 5) is 55.8. The van der Waals surface area contributed by atoms with Crippen molar-refractivity contribution < 1.29 is 28.0 Å². The van der Waals surface area contributed by atoms with Crippen LogP contribution in [0, 0.1) is 35.3 Å². The maximum atomic E-state index is 14.8. The molecule has 2 aromatic carbocycles. The number of anilines is 2. The first-order valence-corrected chi connectivity index (χ1v) is 21.6. The lowest BCUT2D eigenvalue weighted by Crippen LogP contribution is -2.50. The molecule has 4 aliphatic rings. The minimum Gasteiger partial charge on any atom is -0.373 e. The number of amides is 3. The number of hydrogen-bond acceptors (Lipinski definition) is 11. The molecule has 3 amide bonds. The molecule has 352 valence electrons. The van der Waals surface area contributed by atoms with E-state index < -0.39 is 28.7 Å². The summed E-state index contributed by atoms with van der Waals surface area (Å²) in [6.07, 6.45) is 10.1. The van der Waals surface area contributed by atoms with Gasteiger partial charge < -0.3 is 41.5 Å². The molecule has 18 nitrogen and oxygen atoms in total. The van der Waals surface area contributed by atoms with Crippen molar-refractivity contribution in [3.05, 3.63) is 108 Å². The van der Waals surface area contributed by atoms with Gasteiger partial charge in [-0.15, -0.1) is 12.4 Å². The van der Waals surface area contributed by atoms with E-state index in [-0.39, 0.29) is 64.0 Å². The number of halogens is 4. The van der Waals surface area contributed by atoms with Crippen LogP contribution in [-0.4, -0.2) is 107 Å². The number of likely N-dealkylation sites (tertiary alicyclic amines) is 1. The van der Waals surface area contributed by atoms with Crippen LogP contribution < -0.4 is 27.4 Å². The highest BCUT2D eigenvalue weighted by molar-refractivity contribution is 6.66. The highest BCUT2D eigenvalue weighted by atomic mass is 35.5. The monoisotopic (exact) mass is 966 g/mol. The van der Waals surface area contributed by atoms with Gasteiger partial charge in [0.25, 0.3) is 11.8 Å². The SMILES string of the molecule is C=CC(=O)Cl.C=CC(=O)N1CC(n2nc(C#Cc3cc4ncn(C5CC5)c4cc3F)c(C(N)=O)c2NC)C1.CNc1c(C(N)=O)c(C#Cc2cc3ncn(C4CC4)c3cc2F)nn1C1CNC1.Cl. The van der Waals surface area contributed by atoms with Gasteiger partial charge in [-0.25, -0.2) is 28.1 Å². The third-order valence-electron chi connectivity index (χ3n) is 11.6. The van der Waals surface area contributed by atoms with Gasteiger partial charge in [0.15, 0.2) is 11.4 Å². The number of carbonyl (C=O) groups is 4. The molecule has 2 saturated heterocycles. The highest BCUT2D eigenvalue weighted by Gasteiger charge is 2.35. The van der Waals surface area contributed by atoms with Crippen molar-refractivity contribution in [1.29, 1.82) is 0 Å². The predicted molar refractivity (Wildman–Crippen MR) is 254 cm³/mol. The van der Waals surface area contributed by atoms with Crippen molar-refractivity contribution >= 4 is 80.7 Å². The molecule has 10 rings (SSSR count). The quantitative estimate of drug-likeness (QED) is 0.0726. The number of primary amides is 2. The molecule has 22 heteroatoms. The number of hydrogen-bond donors (Lipinski definition) is 5. The standard InChI is InChI=1S/C23H22FN7O2.C20H20FN7O.C3H3ClO.ClH/c1-3-20(32)29-10-15(11-29)31-23(26-2)21(22(25)33)17(28-31)7-4-13-8-18-19(9-16(13)24)30(12-27-18)14-5-6-14;1-23-20-18(19(22)29)15(26-28(20)13-8-24-9-13)5-2-11-6-16-17(7-14(11)21)27(10-25-16)12-3-4-12;1-2-3(4)5;/h3,8-9,12,14-15,26H,1,5-6,10-11H2,2H3,(H2,25,33);6-7,10,12-13,23-24H,3-4,8-9H2,1H3,(H2,22,29);2H,1H2;1H. The molecule has 4 aromatic heterocycles. The average Bonchev–Trinajstić information content (AvgIpc) is 4.15. The third kappa shape index (κ3) is 9.79. The molecule has 0 spiro atoms. The summed E-state index contributed by atoms with van der Waals surface area (Å²) in [5.41, 5.74) is 15.1. The van der Waals surface area contributed by atoms with Crippen LogP contribution in [-0.2, 0) is 9.59 Å². The Morgan fingerprint density at radius 2 is 1.15 bits per heavy atom. The van der Waals surface area contributed by atoms with Gasteiger partial charge in [0, 0.05) is 64.5 Å². The van der Waals surface area contributed by atoms with E-state index in [1.165, 1.54) is 18.2 Å². The minimum absolute atomic E-state index is 0. The van der Waals surface area contributed by atoms with Gasteiger partial charge in [0.1, 0.15) is 34.4 Å². The van der Waals surface area contributed by atoms with Crippen molar-refractivity contribution in [2.75, 3.05) is 50.9 Å². The van der Waals surface area contributed by atoms with Gasteiger partial charge >= 0.3 is 0 Å². The normalized spacial score (nSPS) is 15.0. The fraction of sp³-hybridized carbons (Fsp3) is 0.304. The summed E-state index contributed by atoms with van der Waals surface area (Å²) in [5.74, 6) is 9.77. The third-order valence-corrected chi connectivity index (χ3v) is 11.7. The Labute approximate surface area is 399 Å². The molecule has 7 N–H and O–H groups in total. The van der Waals surface area contributed by atoms with Crippen molar-refractivity contribution in [3.63, 3.8) is 0 Å². The molecule has 0 atom stereocenters. The first-order chi connectivity index (χ1) is 32.2. The number of nitrogens with two attached hydrogens (primary N) is 2. The summed E-state index contributed by atoms with van der Waals surface area (Å²) < 4.78 is 36.8. The number of imidazole rings is 2. The predicted octanol–water partition coefficient (Wildman–Crippen LogP) is 4.57. The van der Waals surface area contributed by atoms with Crippen LogP contribution in [0.4, 0.5) is 20.4 Å². The summed E-state index contributed by atoms with van der Waals surface area (Å²) in [7, 11) is 3.35. The van der Waals surface area contributed by atoms with E-state index in [0.29, 0.717) is 47.8 Å². The summed E-state index contributed by atoms with van der Waals surface area (Å²) in [5, 5.41) is 17.5. The van der Waals surface area contributed by atoms with Crippen molar-refractivity contribution in [2.45, 2.75) is 49.9 Å². The van der Waals surface area contributed by atoms with Crippen molar-refractivity contribution in [1.82, 2.24) is 48.9 Å². The zero-order valence-corrected chi connectivity index (χ0v) is 38.4. The number of aromatic nitrogens is 8. The van der Waals surface area contributed by atoms with Crippen LogP contribution in [0.5, 0.6) is 0 Å². The van der Waals surface area contributed by atoms with E-state index in [1.807, 2.05) is 9.13 Å². The van der Waals surface area contributed by atoms with Crippen LogP contribution in [0.1, 0.15) is 93.1 Å². The number of rotatable bonds is 10. The fourth-order valence-corrected chi connectivity index (χ4v) is 7.71. The second-order valence-electron chi connectivity index (χ2n) is 16.1. The van der Waals surface area contributed by atoms with Crippen molar-refractivity contribution in [2.24, 2.45) is 11.5 Å². The molecular formula is C46H46Cl2F2N14O4. The number of nitrogens with zero attached hydrogens (tertiary/aromatic N) is 9. The first-order valence-electron chi connectivity index (χ1n) is 21.2. The largest absolute Gasteiger partial charge is 0.373 e. The molecular weight excluding hydrogens is 922 g/mol. The molecule has 4 fully saturated rings. The fourth-order valence-electron chi connectivity index (χ4n) is 7.71. The molecule has 0 radical (unpaired) electrons. The number of allylic oxidation sites excluding steroid dienone is 1. The second-order valence-corrected chi connectivity index (χ2v) is 16.5. The van der Waals surface area contributed by atoms with Crippen molar-refractivity contribution in [3.8, 4) is 23.7 Å². The van der Waals surface area contributed by atoms with E-state index in [4.69, 9.17) is 23.1 Å². The Morgan fingerprint density at radius 3 is 1.49 bits per heavy atom. The van der Waals surface area contributed by atoms with Crippen LogP contribution in [0.2, 0.25) is 0 Å². The molecule has 2 saturated carbocycles. The first kappa shape index (κ1) is 48.4. The topological polar surface area (TPSA) is 231 Å². The average molecular weight is 968 g/mol. The molecule has 68 heavy (non-hydrogen) atoms. The Bertz CT molecular complexity index is 3130. The Kier molecular flexibility index (Phi) is 14.3. The number of carbonyl (C=O) groups excluding carboxylic acids is 4. The lowest BCUT2D eigenvalue weighted by atomic mass is 10.1. The van der Waals surface area contributed by atoms with Gasteiger partial charge in [-0.1, -0.05) is 25.0 Å². The summed E-state index contributed by atoms with van der Waals surface area (Å²) in [6.45, 7) is 8.89. The second kappa shape index (κ2) is 20.1. The summed E-state index contributed by atoms with van der Waals surface area (Å²) >= 11 is 4.71. The van der Waals surface area contributed by atoms with Crippen LogP contribution in [0.25, 0.3) is 22.1 Å². The smallest absolute Gasteiger partial charge is 0.255 e. The zero-order chi connectivity index (χ0) is 47.7. The van der Waals surface area contributed by atoms with E-state index in [0.717, 1.165) is 55.9 Å². The van der Waals surface area contributed by atoms with Crippen LogP contribution >= 0.6 is 24.0 Å². The van der Waals surface area contributed by atoms with E-state index in [1.54, 1.807) is 53.1 Å². The van der Waals surface area contributed by atoms with Gasteiger partial charge in [0.05, 0.1) is 57.9 Å². The maximum absolute atomic E-state index is 14.8. The molecule has 0 bridgehead atoms. The molecule has 2 aliphatic carbocycles. The zero-order valence-electron chi connectivity index (χ0n) is 36.9. The number of benzene rings is 2. The molecule has 0 unspecified atom stereocenters. The van der Waals surface area contributed by atoms with E-state index in [9.17, 15) is 28.0 Å². The minimum atomic E-state index is -0.702. The lowest BCUT2D eigenvalue weighted by molar-refractivity contribution is -0.131. The Hall–Kier alpha value is -7.52. The van der Waals surface area contributed by atoms with E-state index >= 15 is 0 Å². The maximum Gasteiger partial charge on any atom is 0.255 e. The molecule has 6 aromatic rings. The Morgan fingerprint density at radius 1 is 0.721 bits per heavy atom. The van der Waals surface area contributed by atoms with Gasteiger partial charge in [-0.05, 0) is 73.4 Å². The van der Waals surface area contributed by atoms with Crippen LogP contribution in [0.3, 0.4) is 0 Å². The molecule has 6 heterocycles. The van der Waals surface area contributed by atoms with E-state index in [2.05, 4.69) is 73.0 Å². The number of fused-ring (bicyclic) bond motifs is 2. The van der Waals surface area contributed by atoms with Gasteiger partial charge in [0.2, 0.25) is 11.1 Å².